The van der Waals surface area contributed by atoms with Crippen LogP contribution in [0.3, 0.4) is 0 Å². The van der Waals surface area contributed by atoms with Crippen LogP contribution in [0.25, 0.3) is 0 Å². The zero-order valence-corrected chi connectivity index (χ0v) is 26.2. The molecule has 0 spiro atoms. The first-order chi connectivity index (χ1) is 20.3. The molecule has 1 aromatic rings. The number of aliphatic carboxylic acids is 1. The molecular weight excluding hydrogens is 559 g/mol. The average molecular weight is 607 g/mol. The van der Waals surface area contributed by atoms with Gasteiger partial charge in [0, 0.05) is 31.4 Å². The van der Waals surface area contributed by atoms with Gasteiger partial charge in [0.1, 0.15) is 23.5 Å². The molecule has 2 amide bonds. The molecular formula is C32H47FN2O8. The van der Waals surface area contributed by atoms with Crippen LogP contribution in [0.4, 0.5) is 4.39 Å². The predicted octanol–water partition coefficient (Wildman–Crippen LogP) is 5.77. The zero-order chi connectivity index (χ0) is 32.5. The number of imide groups is 1. The number of rotatable bonds is 20. The third kappa shape index (κ3) is 13.9. The number of halogens is 1. The molecule has 0 bridgehead atoms. The maximum Gasteiger partial charge on any atom is 0.303 e. The Morgan fingerprint density at radius 1 is 1.02 bits per heavy atom. The molecule has 0 heterocycles. The summed E-state index contributed by atoms with van der Waals surface area (Å²) < 4.78 is 18.9. The highest BCUT2D eigenvalue weighted by Crippen LogP contribution is 2.29. The largest absolute Gasteiger partial charge is 0.496 e. The summed E-state index contributed by atoms with van der Waals surface area (Å²) in [6.07, 6.45) is 2.65. The van der Waals surface area contributed by atoms with E-state index in [0.717, 1.165) is 0 Å². The van der Waals surface area contributed by atoms with Crippen molar-refractivity contribution < 1.29 is 43.4 Å². The van der Waals surface area contributed by atoms with Gasteiger partial charge < -0.3 is 19.8 Å². The van der Waals surface area contributed by atoms with Crippen molar-refractivity contribution in [3.05, 3.63) is 41.2 Å². The summed E-state index contributed by atoms with van der Waals surface area (Å²) in [6.45, 7) is 8.93. The fourth-order valence-corrected chi connectivity index (χ4v) is 4.46. The van der Waals surface area contributed by atoms with Crippen LogP contribution in [0.5, 0.6) is 5.75 Å². The maximum atomic E-state index is 13.7. The molecule has 0 aliphatic carbocycles. The molecule has 2 atom stereocenters. The molecule has 1 unspecified atom stereocenters. The molecule has 0 radical (unpaired) electrons. The van der Waals surface area contributed by atoms with Crippen LogP contribution in [0.1, 0.15) is 104 Å². The van der Waals surface area contributed by atoms with Crippen molar-refractivity contribution in [1.29, 1.82) is 0 Å². The third-order valence-corrected chi connectivity index (χ3v) is 6.79. The second kappa shape index (κ2) is 19.6. The molecule has 0 aromatic heterocycles. The number of ketones is 1. The van der Waals surface area contributed by atoms with Gasteiger partial charge in [0.15, 0.2) is 0 Å². The van der Waals surface area contributed by atoms with Crippen molar-refractivity contribution >= 4 is 29.3 Å². The number of hydrogen-bond acceptors (Lipinski definition) is 8. The number of carbonyl (C=O) groups is 4. The van der Waals surface area contributed by atoms with Crippen molar-refractivity contribution in [2.45, 2.75) is 105 Å². The number of nitrogens with zero attached hydrogens (tertiary/aromatic N) is 2. The fraction of sp³-hybridized carbons (Fsp3) is 0.594. The second-order valence-corrected chi connectivity index (χ2v) is 10.9. The topological polar surface area (TPSA) is 143 Å². The molecule has 0 fully saturated rings. The van der Waals surface area contributed by atoms with E-state index in [1.54, 1.807) is 33.8 Å². The predicted molar refractivity (Wildman–Crippen MR) is 161 cm³/mol. The summed E-state index contributed by atoms with van der Waals surface area (Å²) in [5, 5.41) is 23.4. The van der Waals surface area contributed by atoms with E-state index in [-0.39, 0.29) is 67.9 Å². The second-order valence-electron chi connectivity index (χ2n) is 10.9. The summed E-state index contributed by atoms with van der Waals surface area (Å²) >= 11 is 0. The Morgan fingerprint density at radius 3 is 2.33 bits per heavy atom. The number of aliphatic hydroxyl groups is 1. The van der Waals surface area contributed by atoms with E-state index in [2.05, 4.69) is 5.16 Å². The first-order valence-electron chi connectivity index (χ1n) is 14.8. The number of allylic oxidation sites excluding steroid dienone is 1. The van der Waals surface area contributed by atoms with Gasteiger partial charge in [-0.3, -0.25) is 24.1 Å². The van der Waals surface area contributed by atoms with Gasteiger partial charge in [0.05, 0.1) is 30.9 Å². The molecule has 2 N–H and O–H groups in total. The number of ether oxygens (including phenoxy) is 1. The van der Waals surface area contributed by atoms with Crippen LogP contribution >= 0.6 is 0 Å². The van der Waals surface area contributed by atoms with E-state index < -0.39 is 23.8 Å². The van der Waals surface area contributed by atoms with E-state index >= 15 is 0 Å². The SMILES string of the molecule is C/C=C(C(=O)N(C[C@H](C)CCCC(=O)CCC(=O)O)C(=O)CCCCC(O)c1cc(F)ccc1OC)/C(C)=N/OC(C)C. The molecule has 0 aliphatic rings. The Morgan fingerprint density at radius 2 is 1.72 bits per heavy atom. The molecule has 0 aliphatic heterocycles. The van der Waals surface area contributed by atoms with Gasteiger partial charge >= 0.3 is 5.97 Å². The Balaban J connectivity index is 2.92. The lowest BCUT2D eigenvalue weighted by Gasteiger charge is -2.25. The Kier molecular flexibility index (Phi) is 17.0. The van der Waals surface area contributed by atoms with Gasteiger partial charge in [-0.05, 0) is 77.5 Å². The molecule has 1 rings (SSSR count). The highest BCUT2D eigenvalue weighted by molar-refractivity contribution is 6.23. The summed E-state index contributed by atoms with van der Waals surface area (Å²) in [5.74, 6) is -2.28. The van der Waals surface area contributed by atoms with Crippen molar-refractivity contribution in [2.75, 3.05) is 13.7 Å². The third-order valence-electron chi connectivity index (χ3n) is 6.79. The van der Waals surface area contributed by atoms with Gasteiger partial charge in [0.2, 0.25) is 5.91 Å². The Bertz CT molecular complexity index is 1150. The number of amides is 2. The minimum atomic E-state index is -1.02. The number of carboxylic acid groups (broad SMARTS) is 1. The maximum absolute atomic E-state index is 13.7. The minimum absolute atomic E-state index is 0.0186. The number of carboxylic acids is 1. The molecule has 43 heavy (non-hydrogen) atoms. The molecule has 10 nitrogen and oxygen atoms in total. The van der Waals surface area contributed by atoms with Crippen LogP contribution < -0.4 is 4.74 Å². The number of aliphatic hydroxyl groups excluding tert-OH is 1. The first-order valence-corrected chi connectivity index (χ1v) is 14.8. The van der Waals surface area contributed by atoms with Gasteiger partial charge in [-0.1, -0.05) is 24.6 Å². The van der Waals surface area contributed by atoms with E-state index in [0.29, 0.717) is 42.7 Å². The molecule has 0 saturated heterocycles. The van der Waals surface area contributed by atoms with Crippen LogP contribution in [0, 0.1) is 11.7 Å². The standard InChI is InChI=1S/C32H47FN2O8/c1-7-26(23(5)34-43-21(2)3)32(41)35(20-22(4)11-10-12-25(36)16-18-31(39)40)30(38)14-9-8-13-28(37)27-19-24(33)15-17-29(27)42-6/h7,15,17,19,21-22,28,37H,8-14,16,18,20H2,1-6H3,(H,39,40)/b26-7-,34-23+/t22-,28?/m1/s1. The lowest BCUT2D eigenvalue weighted by molar-refractivity contribution is -0.143. The summed E-state index contributed by atoms with van der Waals surface area (Å²) in [4.78, 5) is 56.1. The number of unbranched alkanes of at least 4 members (excludes halogenated alkanes) is 1. The first kappa shape index (κ1) is 37.4. The quantitative estimate of drug-likeness (QED) is 0.0824. The summed E-state index contributed by atoms with van der Waals surface area (Å²) in [6, 6.07) is 3.92. The van der Waals surface area contributed by atoms with Gasteiger partial charge in [-0.2, -0.15) is 0 Å². The summed E-state index contributed by atoms with van der Waals surface area (Å²) in [7, 11) is 1.44. The van der Waals surface area contributed by atoms with E-state index in [4.69, 9.17) is 14.7 Å². The minimum Gasteiger partial charge on any atom is -0.496 e. The molecule has 240 valence electrons. The highest BCUT2D eigenvalue weighted by atomic mass is 19.1. The number of methoxy groups -OCH3 is 1. The van der Waals surface area contributed by atoms with E-state index in [1.807, 2.05) is 6.92 Å². The van der Waals surface area contributed by atoms with E-state index in [9.17, 15) is 28.7 Å². The molecule has 1 aromatic carbocycles. The van der Waals surface area contributed by atoms with Crippen molar-refractivity contribution in [1.82, 2.24) is 4.90 Å². The zero-order valence-electron chi connectivity index (χ0n) is 26.2. The van der Waals surface area contributed by atoms with Gasteiger partial charge in [0.25, 0.3) is 5.91 Å². The van der Waals surface area contributed by atoms with Gasteiger partial charge in [-0.25, -0.2) is 4.39 Å². The molecule has 0 saturated carbocycles. The van der Waals surface area contributed by atoms with Gasteiger partial charge in [-0.15, -0.1) is 0 Å². The van der Waals surface area contributed by atoms with Crippen molar-refractivity contribution in [3.63, 3.8) is 0 Å². The Hall–Kier alpha value is -3.60. The van der Waals surface area contributed by atoms with Crippen molar-refractivity contribution in [2.24, 2.45) is 11.1 Å². The van der Waals surface area contributed by atoms with Crippen LogP contribution in [0.2, 0.25) is 0 Å². The summed E-state index contributed by atoms with van der Waals surface area (Å²) in [5.41, 5.74) is 0.901. The number of carbonyl (C=O) groups excluding carboxylic acids is 3. The number of benzene rings is 1. The smallest absolute Gasteiger partial charge is 0.303 e. The average Bonchev–Trinajstić information content (AvgIpc) is 2.95. The monoisotopic (exact) mass is 606 g/mol. The highest BCUT2D eigenvalue weighted by Gasteiger charge is 2.27. The Labute approximate surface area is 253 Å². The lowest BCUT2D eigenvalue weighted by atomic mass is 9.99. The van der Waals surface area contributed by atoms with E-state index in [1.165, 1.54) is 30.2 Å². The number of Topliss-reactive ketones (excluding diaryl/α,β-unsaturated/α-hetero) is 1. The van der Waals surface area contributed by atoms with Crippen LogP contribution in [-0.2, 0) is 24.0 Å². The van der Waals surface area contributed by atoms with Crippen LogP contribution in [-0.4, -0.2) is 64.2 Å². The van der Waals surface area contributed by atoms with Crippen LogP contribution in [0.15, 0.2) is 35.0 Å². The number of oxime groups is 1. The lowest BCUT2D eigenvalue weighted by Crippen LogP contribution is -2.41. The normalized spacial score (nSPS) is 13.4. The van der Waals surface area contributed by atoms with Crippen molar-refractivity contribution in [3.8, 4) is 5.75 Å². The molecule has 11 heteroatoms. The fourth-order valence-electron chi connectivity index (χ4n) is 4.46. The number of hydrogen-bond donors (Lipinski definition) is 2.